The highest BCUT2D eigenvalue weighted by atomic mass is 79.9. The first-order valence-electron chi connectivity index (χ1n) is 3.15. The summed E-state index contributed by atoms with van der Waals surface area (Å²) in [4.78, 5) is 11.0. The second kappa shape index (κ2) is 4.02. The molecule has 0 bridgehead atoms. The fourth-order valence-corrected chi connectivity index (χ4v) is 2.32. The van der Waals surface area contributed by atoms with E-state index in [1.54, 1.807) is 5.38 Å². The Morgan fingerprint density at radius 1 is 1.83 bits per heavy atom. The number of carboxylic acids is 1. The van der Waals surface area contributed by atoms with E-state index in [1.165, 1.54) is 18.4 Å². The number of carbonyl (C=O) groups is 1. The third-order valence-electron chi connectivity index (χ3n) is 1.33. The highest BCUT2D eigenvalue weighted by Crippen LogP contribution is 2.27. The molecule has 5 heteroatoms. The summed E-state index contributed by atoms with van der Waals surface area (Å²) in [6.45, 7) is 0.325. The quantitative estimate of drug-likeness (QED) is 0.896. The fourth-order valence-electron chi connectivity index (χ4n) is 0.820. The Labute approximate surface area is 82.1 Å². The number of aromatic carboxylic acids is 1. The van der Waals surface area contributed by atoms with Gasteiger partial charge in [-0.25, -0.2) is 4.79 Å². The summed E-state index contributed by atoms with van der Waals surface area (Å²) in [5.41, 5.74) is 0.704. The van der Waals surface area contributed by atoms with E-state index >= 15 is 0 Å². The van der Waals surface area contributed by atoms with Gasteiger partial charge in [-0.3, -0.25) is 0 Å². The van der Waals surface area contributed by atoms with Crippen molar-refractivity contribution in [1.82, 2.24) is 0 Å². The van der Waals surface area contributed by atoms with Crippen LogP contribution in [0.5, 0.6) is 0 Å². The molecular weight excluding hydrogens is 244 g/mol. The van der Waals surface area contributed by atoms with Crippen LogP contribution in [0, 0.1) is 0 Å². The number of halogens is 1. The molecule has 1 N–H and O–H groups in total. The number of carboxylic acid groups (broad SMARTS) is 1. The summed E-state index contributed by atoms with van der Waals surface area (Å²) in [7, 11) is 1.54. The summed E-state index contributed by atoms with van der Waals surface area (Å²) < 4.78 is 5.67. The van der Waals surface area contributed by atoms with Crippen molar-refractivity contribution in [3.05, 3.63) is 20.3 Å². The lowest BCUT2D eigenvalue weighted by Crippen LogP contribution is -1.98. The van der Waals surface area contributed by atoms with Gasteiger partial charge >= 0.3 is 5.97 Å². The maximum Gasteiger partial charge on any atom is 0.346 e. The first kappa shape index (κ1) is 9.70. The molecule has 0 spiro atoms. The molecule has 1 rings (SSSR count). The van der Waals surface area contributed by atoms with Crippen molar-refractivity contribution in [1.29, 1.82) is 0 Å². The smallest absolute Gasteiger partial charge is 0.346 e. The molecule has 0 amide bonds. The highest BCUT2D eigenvalue weighted by molar-refractivity contribution is 9.10. The lowest BCUT2D eigenvalue weighted by Gasteiger charge is -1.98. The molecule has 1 aromatic rings. The predicted octanol–water partition coefficient (Wildman–Crippen LogP) is 2.36. The Kier molecular flexibility index (Phi) is 3.25. The van der Waals surface area contributed by atoms with Crippen molar-refractivity contribution in [3.8, 4) is 0 Å². The monoisotopic (exact) mass is 250 g/mol. The molecule has 0 unspecified atom stereocenters. The lowest BCUT2D eigenvalue weighted by atomic mass is 10.3. The minimum Gasteiger partial charge on any atom is -0.477 e. The molecule has 0 aliphatic rings. The minimum absolute atomic E-state index is 0.325. The Hall–Kier alpha value is -0.390. The molecule has 0 aliphatic carbocycles. The van der Waals surface area contributed by atoms with Gasteiger partial charge in [0.15, 0.2) is 0 Å². The zero-order chi connectivity index (χ0) is 9.14. The highest BCUT2D eigenvalue weighted by Gasteiger charge is 2.15. The summed E-state index contributed by atoms with van der Waals surface area (Å²) >= 11 is 4.45. The molecule has 0 saturated heterocycles. The van der Waals surface area contributed by atoms with Crippen LogP contribution >= 0.6 is 27.3 Å². The zero-order valence-corrected chi connectivity index (χ0v) is 8.74. The van der Waals surface area contributed by atoms with Gasteiger partial charge in [0.25, 0.3) is 0 Å². The summed E-state index contributed by atoms with van der Waals surface area (Å²) in [5, 5.41) is 10.5. The average molecular weight is 251 g/mol. The predicted molar refractivity (Wildman–Crippen MR) is 49.7 cm³/mol. The zero-order valence-electron chi connectivity index (χ0n) is 6.33. The van der Waals surface area contributed by atoms with Crippen LogP contribution in [0.3, 0.4) is 0 Å². The number of thiophene rings is 1. The Balaban J connectivity index is 3.03. The van der Waals surface area contributed by atoms with Crippen molar-refractivity contribution < 1.29 is 14.6 Å². The maximum absolute atomic E-state index is 10.6. The SMILES string of the molecule is COCc1c(Br)csc1C(=O)O. The standard InChI is InChI=1S/C7H7BrO3S/c1-11-2-4-5(8)3-12-6(4)7(9)10/h3H,2H2,1H3,(H,9,10). The molecule has 1 aromatic heterocycles. The second-order valence-electron chi connectivity index (χ2n) is 2.13. The van der Waals surface area contributed by atoms with Crippen LogP contribution in [-0.2, 0) is 11.3 Å². The van der Waals surface area contributed by atoms with Gasteiger partial charge in [-0.1, -0.05) is 0 Å². The third-order valence-corrected chi connectivity index (χ3v) is 3.35. The van der Waals surface area contributed by atoms with E-state index in [9.17, 15) is 4.79 Å². The van der Waals surface area contributed by atoms with Gasteiger partial charge in [-0.05, 0) is 15.9 Å². The van der Waals surface area contributed by atoms with Gasteiger partial charge in [0, 0.05) is 22.5 Å². The van der Waals surface area contributed by atoms with Crippen LogP contribution in [0.25, 0.3) is 0 Å². The van der Waals surface area contributed by atoms with Crippen molar-refractivity contribution in [2.45, 2.75) is 6.61 Å². The molecule has 0 saturated carbocycles. The van der Waals surface area contributed by atoms with E-state index in [0.717, 1.165) is 4.47 Å². The van der Waals surface area contributed by atoms with Crippen molar-refractivity contribution in [3.63, 3.8) is 0 Å². The number of rotatable bonds is 3. The van der Waals surface area contributed by atoms with E-state index in [2.05, 4.69) is 15.9 Å². The first-order valence-corrected chi connectivity index (χ1v) is 4.82. The van der Waals surface area contributed by atoms with Crippen LogP contribution in [0.4, 0.5) is 0 Å². The van der Waals surface area contributed by atoms with E-state index in [4.69, 9.17) is 9.84 Å². The van der Waals surface area contributed by atoms with Crippen molar-refractivity contribution in [2.24, 2.45) is 0 Å². The molecule has 0 atom stereocenters. The first-order chi connectivity index (χ1) is 5.66. The van der Waals surface area contributed by atoms with Gasteiger partial charge in [0.1, 0.15) is 4.88 Å². The van der Waals surface area contributed by atoms with Crippen molar-refractivity contribution in [2.75, 3.05) is 7.11 Å². The van der Waals surface area contributed by atoms with Gasteiger partial charge < -0.3 is 9.84 Å². The molecule has 66 valence electrons. The van der Waals surface area contributed by atoms with Crippen LogP contribution < -0.4 is 0 Å². The molecule has 1 heterocycles. The Morgan fingerprint density at radius 2 is 2.50 bits per heavy atom. The summed E-state index contributed by atoms with van der Waals surface area (Å²) in [6, 6.07) is 0. The summed E-state index contributed by atoms with van der Waals surface area (Å²) in [5.74, 6) is -0.905. The molecule has 12 heavy (non-hydrogen) atoms. The van der Waals surface area contributed by atoms with E-state index in [-0.39, 0.29) is 0 Å². The van der Waals surface area contributed by atoms with Crippen LogP contribution in [0.2, 0.25) is 0 Å². The maximum atomic E-state index is 10.6. The number of hydrogen-bond donors (Lipinski definition) is 1. The molecule has 3 nitrogen and oxygen atoms in total. The second-order valence-corrected chi connectivity index (χ2v) is 3.86. The lowest BCUT2D eigenvalue weighted by molar-refractivity contribution is 0.0697. The van der Waals surface area contributed by atoms with Crippen LogP contribution in [-0.4, -0.2) is 18.2 Å². The molecular formula is C7H7BrO3S. The fraction of sp³-hybridized carbons (Fsp3) is 0.286. The van der Waals surface area contributed by atoms with Gasteiger partial charge in [-0.15, -0.1) is 11.3 Å². The van der Waals surface area contributed by atoms with Crippen LogP contribution in [0.1, 0.15) is 15.2 Å². The Morgan fingerprint density at radius 3 is 3.00 bits per heavy atom. The molecule has 0 aromatic carbocycles. The molecule has 0 aliphatic heterocycles. The average Bonchev–Trinajstić information content (AvgIpc) is 2.34. The topological polar surface area (TPSA) is 46.5 Å². The van der Waals surface area contributed by atoms with Gasteiger partial charge in [0.2, 0.25) is 0 Å². The molecule has 0 radical (unpaired) electrons. The minimum atomic E-state index is -0.905. The van der Waals surface area contributed by atoms with E-state index in [1.807, 2.05) is 0 Å². The number of hydrogen-bond acceptors (Lipinski definition) is 3. The van der Waals surface area contributed by atoms with Crippen LogP contribution in [0.15, 0.2) is 9.85 Å². The number of methoxy groups -OCH3 is 1. The third kappa shape index (κ3) is 1.85. The van der Waals surface area contributed by atoms with E-state index < -0.39 is 5.97 Å². The number of ether oxygens (including phenoxy) is 1. The largest absolute Gasteiger partial charge is 0.477 e. The summed E-state index contributed by atoms with van der Waals surface area (Å²) in [6.07, 6.45) is 0. The van der Waals surface area contributed by atoms with Gasteiger partial charge in [0.05, 0.1) is 6.61 Å². The van der Waals surface area contributed by atoms with Gasteiger partial charge in [-0.2, -0.15) is 0 Å². The Bertz CT molecular complexity index is 295. The van der Waals surface area contributed by atoms with Crippen molar-refractivity contribution >= 4 is 33.2 Å². The normalized spacial score (nSPS) is 10.2. The van der Waals surface area contributed by atoms with E-state index in [0.29, 0.717) is 17.0 Å². The molecule has 0 fully saturated rings.